The molecule has 3 aromatic rings. The Morgan fingerprint density at radius 2 is 1.96 bits per heavy atom. The average molecular weight is 359 g/mol. The zero-order valence-electron chi connectivity index (χ0n) is 14.7. The van der Waals surface area contributed by atoms with Gasteiger partial charge in [-0.15, -0.1) is 0 Å². The van der Waals surface area contributed by atoms with Crippen LogP contribution in [0.4, 0.5) is 0 Å². The molecule has 0 bridgehead atoms. The molecular weight excluding hydrogens is 336 g/mol. The molecule has 0 saturated heterocycles. The fraction of sp³-hybridized carbons (Fsp3) is 0.350. The molecule has 0 saturated carbocycles. The zero-order chi connectivity index (χ0) is 18.0. The van der Waals surface area contributed by atoms with Crippen molar-refractivity contribution in [1.82, 2.24) is 9.55 Å². The molecule has 5 heteroatoms. The average Bonchev–Trinajstić information content (AvgIpc) is 2.95. The highest BCUT2D eigenvalue weighted by atomic mass is 35.5. The molecule has 1 aromatic heterocycles. The lowest BCUT2D eigenvalue weighted by atomic mass is 10.2. The lowest BCUT2D eigenvalue weighted by molar-refractivity contribution is 0.0925. The van der Waals surface area contributed by atoms with E-state index in [1.165, 1.54) is 0 Å². The van der Waals surface area contributed by atoms with Gasteiger partial charge >= 0.3 is 0 Å². The van der Waals surface area contributed by atoms with Crippen LogP contribution in [0.3, 0.4) is 0 Å². The SMILES string of the molecule is Cc1ccc(Cl)c(OC[C@H](O)Cn2c(C(C)C)nc3ccccc32)c1. The third kappa shape index (κ3) is 3.97. The number of hydrogen-bond acceptors (Lipinski definition) is 3. The highest BCUT2D eigenvalue weighted by Gasteiger charge is 2.17. The van der Waals surface area contributed by atoms with Crippen LogP contribution in [0.15, 0.2) is 42.5 Å². The number of imidazole rings is 1. The largest absolute Gasteiger partial charge is 0.489 e. The van der Waals surface area contributed by atoms with Crippen molar-refractivity contribution in [3.8, 4) is 5.75 Å². The topological polar surface area (TPSA) is 47.3 Å². The third-order valence-corrected chi connectivity index (χ3v) is 4.42. The number of halogens is 1. The molecule has 1 atom stereocenters. The number of aryl methyl sites for hydroxylation is 1. The minimum absolute atomic E-state index is 0.174. The van der Waals surface area contributed by atoms with Gasteiger partial charge in [-0.25, -0.2) is 4.98 Å². The standard InChI is InChI=1S/C20H23ClN2O2/c1-13(2)20-22-17-6-4-5-7-18(17)23(20)11-15(24)12-25-19-10-14(3)8-9-16(19)21/h4-10,13,15,24H,11-12H2,1-3H3/t15-/m1/s1. The summed E-state index contributed by atoms with van der Waals surface area (Å²) in [6.45, 7) is 6.79. The Balaban J connectivity index is 1.76. The van der Waals surface area contributed by atoms with Gasteiger partial charge in [-0.2, -0.15) is 0 Å². The molecule has 3 rings (SSSR count). The Hall–Kier alpha value is -2.04. The summed E-state index contributed by atoms with van der Waals surface area (Å²) >= 11 is 6.15. The fourth-order valence-corrected chi connectivity index (χ4v) is 3.07. The summed E-state index contributed by atoms with van der Waals surface area (Å²) in [6.07, 6.45) is -0.660. The fourth-order valence-electron chi connectivity index (χ4n) is 2.90. The summed E-state index contributed by atoms with van der Waals surface area (Å²) in [5.74, 6) is 1.83. The van der Waals surface area contributed by atoms with E-state index < -0.39 is 6.10 Å². The van der Waals surface area contributed by atoms with Crippen LogP contribution in [0.2, 0.25) is 5.02 Å². The quantitative estimate of drug-likeness (QED) is 0.702. The first-order valence-electron chi connectivity index (χ1n) is 8.48. The van der Waals surface area contributed by atoms with Gasteiger partial charge in [-0.3, -0.25) is 0 Å². The van der Waals surface area contributed by atoms with Crippen LogP contribution in [-0.2, 0) is 6.54 Å². The molecule has 0 spiro atoms. The Morgan fingerprint density at radius 3 is 2.72 bits per heavy atom. The summed E-state index contributed by atoms with van der Waals surface area (Å²) in [6, 6.07) is 13.6. The van der Waals surface area contributed by atoms with Crippen LogP contribution in [0, 0.1) is 6.92 Å². The van der Waals surface area contributed by atoms with Crippen LogP contribution < -0.4 is 4.74 Å². The summed E-state index contributed by atoms with van der Waals surface area (Å²) in [7, 11) is 0. The molecule has 0 radical (unpaired) electrons. The lowest BCUT2D eigenvalue weighted by Gasteiger charge is -2.17. The number of fused-ring (bicyclic) bond motifs is 1. The molecule has 0 unspecified atom stereocenters. The number of aliphatic hydroxyl groups is 1. The Morgan fingerprint density at radius 1 is 1.20 bits per heavy atom. The number of hydrogen-bond donors (Lipinski definition) is 1. The van der Waals surface area contributed by atoms with E-state index in [1.807, 2.05) is 43.3 Å². The number of rotatable bonds is 6. The van der Waals surface area contributed by atoms with E-state index in [4.69, 9.17) is 21.3 Å². The molecule has 4 nitrogen and oxygen atoms in total. The molecular formula is C20H23ClN2O2. The Kier molecular flexibility index (Phi) is 5.30. The van der Waals surface area contributed by atoms with Crippen molar-refractivity contribution >= 4 is 22.6 Å². The lowest BCUT2D eigenvalue weighted by Crippen LogP contribution is -2.25. The summed E-state index contributed by atoms with van der Waals surface area (Å²) in [5.41, 5.74) is 3.04. The number of nitrogens with zero attached hydrogens (tertiary/aromatic N) is 2. The maximum Gasteiger partial charge on any atom is 0.138 e. The molecule has 0 fully saturated rings. The number of benzene rings is 2. The van der Waals surface area contributed by atoms with Gasteiger partial charge in [-0.05, 0) is 36.8 Å². The van der Waals surface area contributed by atoms with Gasteiger partial charge in [0.15, 0.2) is 0 Å². The van der Waals surface area contributed by atoms with E-state index in [1.54, 1.807) is 6.07 Å². The predicted octanol–water partition coefficient (Wildman–Crippen LogP) is 4.56. The van der Waals surface area contributed by atoms with Crippen molar-refractivity contribution in [2.24, 2.45) is 0 Å². The van der Waals surface area contributed by atoms with E-state index in [-0.39, 0.29) is 12.5 Å². The van der Waals surface area contributed by atoms with E-state index in [9.17, 15) is 5.11 Å². The second-order valence-electron chi connectivity index (χ2n) is 6.62. The summed E-state index contributed by atoms with van der Waals surface area (Å²) < 4.78 is 7.80. The van der Waals surface area contributed by atoms with Gasteiger partial charge in [0.25, 0.3) is 0 Å². The van der Waals surface area contributed by atoms with Crippen molar-refractivity contribution in [2.45, 2.75) is 39.3 Å². The number of aliphatic hydroxyl groups excluding tert-OH is 1. The second-order valence-corrected chi connectivity index (χ2v) is 7.03. The highest BCUT2D eigenvalue weighted by Crippen LogP contribution is 2.26. The minimum Gasteiger partial charge on any atom is -0.489 e. The predicted molar refractivity (Wildman–Crippen MR) is 102 cm³/mol. The monoisotopic (exact) mass is 358 g/mol. The highest BCUT2D eigenvalue weighted by molar-refractivity contribution is 6.32. The van der Waals surface area contributed by atoms with Crippen molar-refractivity contribution in [1.29, 1.82) is 0 Å². The van der Waals surface area contributed by atoms with Crippen molar-refractivity contribution in [2.75, 3.05) is 6.61 Å². The van der Waals surface area contributed by atoms with Crippen molar-refractivity contribution < 1.29 is 9.84 Å². The molecule has 0 aliphatic carbocycles. The molecule has 1 heterocycles. The second kappa shape index (κ2) is 7.46. The molecule has 0 amide bonds. The van der Waals surface area contributed by atoms with E-state index in [0.717, 1.165) is 22.4 Å². The third-order valence-electron chi connectivity index (χ3n) is 4.11. The van der Waals surface area contributed by atoms with Gasteiger partial charge in [0, 0.05) is 5.92 Å². The first-order valence-corrected chi connectivity index (χ1v) is 8.85. The summed E-state index contributed by atoms with van der Waals surface area (Å²) in [4.78, 5) is 4.70. The maximum absolute atomic E-state index is 10.5. The van der Waals surface area contributed by atoms with Crippen molar-refractivity contribution in [3.63, 3.8) is 0 Å². The molecule has 2 aromatic carbocycles. The van der Waals surface area contributed by atoms with E-state index in [2.05, 4.69) is 18.4 Å². The zero-order valence-corrected chi connectivity index (χ0v) is 15.5. The normalized spacial score (nSPS) is 12.7. The van der Waals surface area contributed by atoms with Crippen LogP contribution in [0.5, 0.6) is 5.75 Å². The Labute approximate surface area is 153 Å². The van der Waals surface area contributed by atoms with E-state index in [0.29, 0.717) is 17.3 Å². The van der Waals surface area contributed by atoms with Gasteiger partial charge in [0.05, 0.1) is 22.6 Å². The van der Waals surface area contributed by atoms with Crippen LogP contribution >= 0.6 is 11.6 Å². The van der Waals surface area contributed by atoms with Gasteiger partial charge in [0.1, 0.15) is 24.3 Å². The van der Waals surface area contributed by atoms with Crippen LogP contribution in [-0.4, -0.2) is 27.4 Å². The van der Waals surface area contributed by atoms with Crippen LogP contribution in [0.1, 0.15) is 31.2 Å². The molecule has 132 valence electrons. The first-order chi connectivity index (χ1) is 12.0. The Bertz CT molecular complexity index is 873. The molecule has 25 heavy (non-hydrogen) atoms. The van der Waals surface area contributed by atoms with Crippen molar-refractivity contribution in [3.05, 3.63) is 58.9 Å². The van der Waals surface area contributed by atoms with Gasteiger partial charge < -0.3 is 14.4 Å². The first kappa shape index (κ1) is 17.8. The molecule has 0 aliphatic heterocycles. The summed E-state index contributed by atoms with van der Waals surface area (Å²) in [5, 5.41) is 11.0. The van der Waals surface area contributed by atoms with Crippen LogP contribution in [0.25, 0.3) is 11.0 Å². The number of ether oxygens (including phenoxy) is 1. The molecule has 0 aliphatic rings. The maximum atomic E-state index is 10.5. The molecule has 1 N–H and O–H groups in total. The van der Waals surface area contributed by atoms with Gasteiger partial charge in [0.2, 0.25) is 0 Å². The van der Waals surface area contributed by atoms with Gasteiger partial charge in [-0.1, -0.05) is 43.6 Å². The number of aromatic nitrogens is 2. The minimum atomic E-state index is -0.660. The van der Waals surface area contributed by atoms with E-state index >= 15 is 0 Å². The number of para-hydroxylation sites is 2. The smallest absolute Gasteiger partial charge is 0.138 e.